The van der Waals surface area contributed by atoms with Crippen LogP contribution in [0, 0.1) is 0 Å². The average Bonchev–Trinajstić information content (AvgIpc) is 0. The van der Waals surface area contributed by atoms with Gasteiger partial charge in [0.05, 0.1) is 16.8 Å². The standard InChI is InChI=1S/2BH3.Pt.Zr/h2*1H3;;. The van der Waals surface area contributed by atoms with Crippen molar-refractivity contribution >= 4 is 16.8 Å². The Kier molecular flexibility index (Phi) is 242. The smallest absolute Gasteiger partial charge is 0 e. The first kappa shape index (κ1) is 43.5. The molecule has 0 atom stereocenters. The second-order valence-corrected chi connectivity index (χ2v) is 0. The second-order valence-electron chi connectivity index (χ2n) is 0. The van der Waals surface area contributed by atoms with E-state index in [0.717, 1.165) is 0 Å². The summed E-state index contributed by atoms with van der Waals surface area (Å²) >= 11 is 0. The van der Waals surface area contributed by atoms with Crippen molar-refractivity contribution in [3.63, 3.8) is 0 Å². The molecular formula is H6B2PtZr. The molecule has 0 aliphatic carbocycles. The van der Waals surface area contributed by atoms with E-state index in [1.165, 1.54) is 0 Å². The van der Waals surface area contributed by atoms with Crippen LogP contribution in [0.15, 0.2) is 0 Å². The van der Waals surface area contributed by atoms with E-state index >= 15 is 0 Å². The third kappa shape index (κ3) is 9.33. The molecule has 26 valence electrons. The number of hydrogen-bond acceptors (Lipinski definition) is 0. The van der Waals surface area contributed by atoms with Gasteiger partial charge in [-0.1, -0.05) is 0 Å². The molecule has 0 aromatic carbocycles. The van der Waals surface area contributed by atoms with Crippen LogP contribution in [0.3, 0.4) is 0 Å². The van der Waals surface area contributed by atoms with E-state index in [9.17, 15) is 0 Å². The Morgan fingerprint density at radius 2 is 0.750 bits per heavy atom. The molecule has 0 saturated heterocycles. The van der Waals surface area contributed by atoms with Gasteiger partial charge >= 0.3 is 0 Å². The van der Waals surface area contributed by atoms with E-state index in [2.05, 4.69) is 0 Å². The molecule has 0 saturated carbocycles. The predicted molar refractivity (Wildman–Crippen MR) is 19.9 cm³/mol. The second kappa shape index (κ2) is 22.3. The van der Waals surface area contributed by atoms with Crippen molar-refractivity contribution in [1.82, 2.24) is 0 Å². The van der Waals surface area contributed by atoms with Crippen LogP contribution in [0.25, 0.3) is 0 Å². The Hall–Kier alpha value is 1.70. The van der Waals surface area contributed by atoms with Gasteiger partial charge in [0.25, 0.3) is 0 Å². The molecule has 4 heteroatoms. The fourth-order valence-electron chi connectivity index (χ4n) is 0. The van der Waals surface area contributed by atoms with E-state index in [1.807, 2.05) is 0 Å². The molecule has 0 nitrogen and oxygen atoms in total. The zero-order chi connectivity index (χ0) is 0. The van der Waals surface area contributed by atoms with Crippen molar-refractivity contribution in [2.24, 2.45) is 0 Å². The van der Waals surface area contributed by atoms with Crippen LogP contribution < -0.4 is 0 Å². The van der Waals surface area contributed by atoms with Crippen molar-refractivity contribution in [3.8, 4) is 0 Å². The largest absolute Gasteiger partial charge is 0.0814 e. The molecule has 0 spiro atoms. The van der Waals surface area contributed by atoms with E-state index in [4.69, 9.17) is 0 Å². The van der Waals surface area contributed by atoms with Gasteiger partial charge in [0.1, 0.15) is 0 Å². The van der Waals surface area contributed by atoms with Gasteiger partial charge in [0.15, 0.2) is 0 Å². The van der Waals surface area contributed by atoms with Gasteiger partial charge in [0, 0.05) is 47.3 Å². The third-order valence-electron chi connectivity index (χ3n) is 0. The zero-order valence-electron chi connectivity index (χ0n) is 0.816. The van der Waals surface area contributed by atoms with Gasteiger partial charge in [-0.15, -0.1) is 0 Å². The van der Waals surface area contributed by atoms with Gasteiger partial charge in [-0.05, 0) is 0 Å². The number of hydrogen-bond donors (Lipinski definition) is 0. The molecule has 0 radical (unpaired) electrons. The van der Waals surface area contributed by atoms with Gasteiger partial charge in [-0.3, -0.25) is 0 Å². The predicted octanol–water partition coefficient (Wildman–Crippen LogP) is -2.37. The SMILES string of the molecule is B.B.[Pt].[Zr]. The summed E-state index contributed by atoms with van der Waals surface area (Å²) < 4.78 is 0. The molecule has 0 aliphatic rings. The Morgan fingerprint density at radius 3 is 0.750 bits per heavy atom. The van der Waals surface area contributed by atoms with Gasteiger partial charge in [0.2, 0.25) is 0 Å². The maximum Gasteiger partial charge on any atom is 0.0814 e. The monoisotopic (exact) mass is 313 g/mol. The molecule has 0 aromatic rings. The van der Waals surface area contributed by atoms with Crippen LogP contribution in [0.5, 0.6) is 0 Å². The first-order valence-electron chi connectivity index (χ1n) is 0. The molecule has 0 fully saturated rings. The summed E-state index contributed by atoms with van der Waals surface area (Å²) in [6.07, 6.45) is 0. The van der Waals surface area contributed by atoms with Crippen LogP contribution in [0.1, 0.15) is 0 Å². The summed E-state index contributed by atoms with van der Waals surface area (Å²) in [5, 5.41) is 0. The van der Waals surface area contributed by atoms with Crippen molar-refractivity contribution in [3.05, 3.63) is 0 Å². The summed E-state index contributed by atoms with van der Waals surface area (Å²) in [6.45, 7) is 0. The van der Waals surface area contributed by atoms with Crippen LogP contribution in [-0.4, -0.2) is 16.8 Å². The topological polar surface area (TPSA) is 0 Å². The molecule has 0 aromatic heterocycles. The van der Waals surface area contributed by atoms with Crippen molar-refractivity contribution in [2.45, 2.75) is 0 Å². The minimum Gasteiger partial charge on any atom is 0 e. The van der Waals surface area contributed by atoms with Crippen LogP contribution >= 0.6 is 0 Å². The van der Waals surface area contributed by atoms with E-state index in [-0.39, 0.29) is 64.1 Å². The minimum absolute atomic E-state index is 0. The van der Waals surface area contributed by atoms with Crippen molar-refractivity contribution in [2.75, 3.05) is 0 Å². The average molecular weight is 314 g/mol. The molecule has 0 bridgehead atoms. The molecule has 0 N–H and O–H groups in total. The summed E-state index contributed by atoms with van der Waals surface area (Å²) in [5.74, 6) is 0. The van der Waals surface area contributed by atoms with Gasteiger partial charge in [-0.2, -0.15) is 0 Å². The van der Waals surface area contributed by atoms with Gasteiger partial charge in [-0.25, -0.2) is 0 Å². The summed E-state index contributed by atoms with van der Waals surface area (Å²) in [7, 11) is 0. The molecular weight excluding hydrogens is 308 g/mol. The minimum atomic E-state index is 0. The first-order chi connectivity index (χ1) is 0. The molecule has 0 heterocycles. The van der Waals surface area contributed by atoms with E-state index < -0.39 is 0 Å². The maximum atomic E-state index is 0. The first-order valence-corrected chi connectivity index (χ1v) is 0. The fourth-order valence-corrected chi connectivity index (χ4v) is 0. The van der Waals surface area contributed by atoms with Crippen LogP contribution in [-0.2, 0) is 47.3 Å². The quantitative estimate of drug-likeness (QED) is 0.439. The summed E-state index contributed by atoms with van der Waals surface area (Å²) in [6, 6.07) is 0. The molecule has 0 rings (SSSR count). The Balaban J connectivity index is 0. The molecule has 0 aliphatic heterocycles. The Morgan fingerprint density at radius 1 is 0.750 bits per heavy atom. The van der Waals surface area contributed by atoms with Crippen molar-refractivity contribution < 1.29 is 47.3 Å². The zero-order valence-corrected chi connectivity index (χ0v) is 5.55. The Labute approximate surface area is 63.6 Å². The Bertz CT molecular complexity index is 6.00. The van der Waals surface area contributed by atoms with Crippen LogP contribution in [0.4, 0.5) is 0 Å². The molecule has 0 amide bonds. The maximum absolute atomic E-state index is 0. The third-order valence-corrected chi connectivity index (χ3v) is 0. The number of rotatable bonds is 0. The van der Waals surface area contributed by atoms with E-state index in [1.54, 1.807) is 0 Å². The van der Waals surface area contributed by atoms with Crippen molar-refractivity contribution in [1.29, 1.82) is 0 Å². The summed E-state index contributed by atoms with van der Waals surface area (Å²) in [4.78, 5) is 0. The van der Waals surface area contributed by atoms with Gasteiger partial charge < -0.3 is 0 Å². The fraction of sp³-hybridized carbons (Fsp3) is 0. The summed E-state index contributed by atoms with van der Waals surface area (Å²) in [5.41, 5.74) is 0. The molecule has 0 unspecified atom stereocenters. The normalized spacial score (nSPS) is 0. The van der Waals surface area contributed by atoms with E-state index in [0.29, 0.717) is 0 Å². The van der Waals surface area contributed by atoms with Crippen LogP contribution in [0.2, 0.25) is 0 Å². The molecule has 4 heavy (non-hydrogen) atoms.